The maximum absolute atomic E-state index is 15.1. The van der Waals surface area contributed by atoms with Crippen molar-refractivity contribution in [3.63, 3.8) is 0 Å². The van der Waals surface area contributed by atoms with Crippen LogP contribution >= 0.6 is 0 Å². The minimum Gasteiger partial charge on any atom is -1.00 e. The van der Waals surface area contributed by atoms with Crippen LogP contribution in [0, 0.1) is 17.5 Å². The van der Waals surface area contributed by atoms with Gasteiger partial charge in [-0.25, -0.2) is 13.2 Å². The van der Waals surface area contributed by atoms with Gasteiger partial charge in [-0.2, -0.15) is 0 Å². The Bertz CT molecular complexity index is 2430. The number of likely N-dealkylation sites (tertiary alicyclic amines) is 2. The molecule has 70 heavy (non-hydrogen) atoms. The average molecular weight is 1030 g/mol. The molecule has 0 unspecified atom stereocenters. The van der Waals surface area contributed by atoms with E-state index >= 15 is 8.78 Å². The van der Waals surface area contributed by atoms with Crippen LogP contribution in [0.1, 0.15) is 80.4 Å². The van der Waals surface area contributed by atoms with Crippen molar-refractivity contribution in [1.82, 2.24) is 20.4 Å². The van der Waals surface area contributed by atoms with Crippen molar-refractivity contribution in [1.29, 1.82) is 0 Å². The number of quaternary nitrogens is 2. The second-order valence-electron chi connectivity index (χ2n) is 16.6. The van der Waals surface area contributed by atoms with Gasteiger partial charge in [-0.15, -0.1) is 0 Å². The molecule has 13 N–H and O–H groups in total. The number of carboxylic acids is 2. The number of amides is 4. The van der Waals surface area contributed by atoms with Crippen molar-refractivity contribution in [2.45, 2.75) is 76.6 Å². The lowest BCUT2D eigenvalue weighted by Gasteiger charge is -2.21. The summed E-state index contributed by atoms with van der Waals surface area (Å²) in [6, 6.07) is 6.74. The largest absolute Gasteiger partial charge is 1.00 e. The SMILES string of the molecule is CC(=O)c1ccc2c(c1F)B(O)OC2.O=C(O)CCC(=O)N1C[C@H](NC(=O)c2ccc3c(c2F)B(O)OC3)[C@@H](NC(=O)c2ccc3c(c2F)B(O)OC3)C1.[Cl-].[Cl-].[NH3+][C@H]1CN(C(=O)CCC(=O)O)C[C@@H]1[NH3+]. The van der Waals surface area contributed by atoms with Crippen LogP contribution in [-0.2, 0) is 53.0 Å². The summed E-state index contributed by atoms with van der Waals surface area (Å²) in [6.45, 7) is 2.33. The van der Waals surface area contributed by atoms with Gasteiger partial charge in [-0.05, 0) is 41.8 Å². The molecule has 8 rings (SSSR count). The highest BCUT2D eigenvalue weighted by molar-refractivity contribution is 6.62. The number of carboxylic acid groups (broad SMARTS) is 2. The maximum atomic E-state index is 15.1. The molecule has 0 bridgehead atoms. The zero-order valence-electron chi connectivity index (χ0n) is 37.3. The van der Waals surface area contributed by atoms with E-state index in [1.165, 1.54) is 42.2 Å². The molecule has 3 aromatic rings. The van der Waals surface area contributed by atoms with Gasteiger partial charge in [0.15, 0.2) is 17.9 Å². The normalized spacial score (nSPS) is 19.3. The second kappa shape index (κ2) is 24.5. The van der Waals surface area contributed by atoms with Crippen LogP contribution < -0.4 is 63.3 Å². The Kier molecular flexibility index (Phi) is 19.9. The van der Waals surface area contributed by atoms with Crippen LogP contribution in [0.2, 0.25) is 0 Å². The molecule has 0 spiro atoms. The number of ketones is 1. The van der Waals surface area contributed by atoms with Gasteiger partial charge in [0, 0.05) is 42.3 Å². The van der Waals surface area contributed by atoms with Gasteiger partial charge in [0.1, 0.15) is 17.5 Å². The first-order valence-electron chi connectivity index (χ1n) is 21.3. The zero-order chi connectivity index (χ0) is 49.7. The lowest BCUT2D eigenvalue weighted by molar-refractivity contribution is -0.515. The molecule has 0 radical (unpaired) electrons. The van der Waals surface area contributed by atoms with Crippen LogP contribution in [0.25, 0.3) is 0 Å². The molecule has 2 fully saturated rings. The predicted octanol–water partition coefficient (Wildman–Crippen LogP) is -10.8. The Morgan fingerprint density at radius 3 is 1.21 bits per heavy atom. The predicted molar refractivity (Wildman–Crippen MR) is 229 cm³/mol. The summed E-state index contributed by atoms with van der Waals surface area (Å²) in [4.78, 5) is 85.3. The van der Waals surface area contributed by atoms with E-state index in [9.17, 15) is 53.0 Å². The number of halogens is 5. The number of hydrogen-bond acceptors (Lipinski definition) is 13. The summed E-state index contributed by atoms with van der Waals surface area (Å²) < 4.78 is 58.6. The molecule has 2 saturated heterocycles. The van der Waals surface area contributed by atoms with Crippen molar-refractivity contribution < 1.29 is 122 Å². The first kappa shape index (κ1) is 57.0. The number of carbonyl (C=O) groups excluding carboxylic acids is 5. The summed E-state index contributed by atoms with van der Waals surface area (Å²) >= 11 is 0. The lowest BCUT2D eigenvalue weighted by Crippen LogP contribution is -3.00. The van der Waals surface area contributed by atoms with Crippen LogP contribution in [0.5, 0.6) is 0 Å². The first-order chi connectivity index (χ1) is 32.2. The van der Waals surface area contributed by atoms with E-state index in [-0.39, 0.29) is 123 Å². The van der Waals surface area contributed by atoms with Gasteiger partial charge in [0.25, 0.3) is 11.8 Å². The summed E-state index contributed by atoms with van der Waals surface area (Å²) in [6.07, 6.45) is -0.780. The highest BCUT2D eigenvalue weighted by atomic mass is 35.5. The summed E-state index contributed by atoms with van der Waals surface area (Å²) in [5.41, 5.74) is 8.08. The molecule has 29 heteroatoms. The molecule has 4 amide bonds. The van der Waals surface area contributed by atoms with Gasteiger partial charge in [0.2, 0.25) is 11.8 Å². The number of Topliss-reactive ketones (excluding diaryl/α,β-unsaturated/α-hetero) is 1. The quantitative estimate of drug-likeness (QED) is 0.0637. The number of nitrogens with zero attached hydrogens (tertiary/aromatic N) is 2. The molecule has 376 valence electrons. The molecular formula is C41H48B3Cl2F3N6O15. The fourth-order valence-electron chi connectivity index (χ4n) is 8.13. The Labute approximate surface area is 410 Å². The molecule has 21 nitrogen and oxygen atoms in total. The minimum absolute atomic E-state index is 0. The van der Waals surface area contributed by atoms with E-state index in [0.717, 1.165) is 0 Å². The molecule has 5 aliphatic rings. The van der Waals surface area contributed by atoms with Crippen molar-refractivity contribution in [3.05, 3.63) is 87.2 Å². The topological polar surface area (TPSA) is 334 Å². The van der Waals surface area contributed by atoms with Crippen LogP contribution in [-0.4, -0.2) is 148 Å². The fourth-order valence-corrected chi connectivity index (χ4v) is 8.13. The molecule has 0 aliphatic carbocycles. The maximum Gasteiger partial charge on any atom is 0.494 e. The van der Waals surface area contributed by atoms with E-state index in [0.29, 0.717) is 29.8 Å². The third kappa shape index (κ3) is 13.0. The molecule has 5 aliphatic heterocycles. The lowest BCUT2D eigenvalue weighted by atomic mass is 9.78. The van der Waals surface area contributed by atoms with Gasteiger partial charge < -0.3 is 96.0 Å². The van der Waals surface area contributed by atoms with Crippen molar-refractivity contribution in [2.24, 2.45) is 0 Å². The summed E-state index contributed by atoms with van der Waals surface area (Å²) in [7, 11) is -4.31. The fraction of sp³-hybridized carbons (Fsp3) is 0.390. The van der Waals surface area contributed by atoms with E-state index in [1.54, 1.807) is 11.0 Å². The zero-order valence-corrected chi connectivity index (χ0v) is 38.8. The smallest absolute Gasteiger partial charge is 0.494 e. The number of benzene rings is 3. The number of carbonyl (C=O) groups is 7. The summed E-state index contributed by atoms with van der Waals surface area (Å²) in [5.74, 6) is -7.54. The third-order valence-corrected chi connectivity index (χ3v) is 11.9. The van der Waals surface area contributed by atoms with Gasteiger partial charge in [-0.3, -0.25) is 33.6 Å². The standard InChI is InChI=1S/C24H23B2F2N3O9.C9H8BFO3.C8H15N3O3.2ClH/c27-21-13(3-1-11-9-39-25(37)19(11)21)23(35)29-15-7-31(17(32)5-6-18(33)34)8-16(15)30-24(36)14-4-2-12-10-40-26(38)20(12)22(14)28;1-5(12)7-3-2-6-4-14-10(13)8(6)9(7)11;9-5-3-11(4-6(5)10)7(12)1-2-8(13)14;;/h1-4,15-16,37-38H,5-10H2,(H,29,35)(H,30,36)(H,33,34);2-3,13H,4H2,1H3;5-6H,1-4,9-10H2,(H,13,14);2*1H/t15-,16-;;5-,6-;;/m0.0../s1. The number of rotatable bonds is 11. The molecule has 0 aromatic heterocycles. The van der Waals surface area contributed by atoms with Gasteiger partial charge in [-0.1, -0.05) is 18.2 Å². The van der Waals surface area contributed by atoms with Crippen molar-refractivity contribution in [2.75, 3.05) is 26.2 Å². The first-order valence-corrected chi connectivity index (χ1v) is 21.3. The highest BCUT2D eigenvalue weighted by Crippen LogP contribution is 2.21. The van der Waals surface area contributed by atoms with Crippen LogP contribution in [0.4, 0.5) is 13.2 Å². The van der Waals surface area contributed by atoms with E-state index in [2.05, 4.69) is 22.1 Å². The number of fused-ring (bicyclic) bond motifs is 3. The van der Waals surface area contributed by atoms with Crippen LogP contribution in [0.15, 0.2) is 36.4 Å². The summed E-state index contributed by atoms with van der Waals surface area (Å²) in [5, 5.41) is 51.6. The molecular weight excluding hydrogens is 977 g/mol. The van der Waals surface area contributed by atoms with Gasteiger partial charge in [0.05, 0.1) is 74.5 Å². The third-order valence-electron chi connectivity index (χ3n) is 11.9. The van der Waals surface area contributed by atoms with Gasteiger partial charge >= 0.3 is 33.3 Å². The van der Waals surface area contributed by atoms with Crippen LogP contribution in [0.3, 0.4) is 0 Å². The van der Waals surface area contributed by atoms with E-state index in [4.69, 9.17) is 24.2 Å². The molecule has 0 saturated carbocycles. The molecule has 3 aromatic carbocycles. The van der Waals surface area contributed by atoms with E-state index in [1.807, 2.05) is 0 Å². The number of aliphatic carboxylic acids is 2. The van der Waals surface area contributed by atoms with Crippen molar-refractivity contribution in [3.8, 4) is 0 Å². The molecule has 5 heterocycles. The second-order valence-corrected chi connectivity index (χ2v) is 16.6. The Hall–Kier alpha value is -5.61. The molecule has 4 atom stereocenters. The monoisotopic (exact) mass is 1020 g/mol. The van der Waals surface area contributed by atoms with Crippen molar-refractivity contribution >= 4 is 79.1 Å². The Morgan fingerprint density at radius 1 is 0.571 bits per heavy atom. The van der Waals surface area contributed by atoms with E-state index < -0.39 is 98.1 Å². The number of hydrogen-bond donors (Lipinski definition) is 9. The number of nitrogens with one attached hydrogen (secondary N) is 2. The minimum atomic E-state index is -1.53. The Morgan fingerprint density at radius 2 is 0.886 bits per heavy atom. The Balaban J connectivity index is 0.000000290. The highest BCUT2D eigenvalue weighted by Gasteiger charge is 2.41. The average Bonchev–Trinajstić information content (AvgIpc) is 4.12.